The quantitative estimate of drug-likeness (QED) is 0.671. The predicted octanol–water partition coefficient (Wildman–Crippen LogP) is 1.75. The minimum Gasteiger partial charge on any atom is -0.335 e. The summed E-state index contributed by atoms with van der Waals surface area (Å²) in [5, 5.41) is 7.82. The zero-order chi connectivity index (χ0) is 19.1. The standard InChI is InChI=1S/C16H16Cl2N4O4/c1-16(10-5-2-8(17)6-11(10)18)13(24)22(15(26)21-16)7-12(23)20-14(25)19-9-3-4-9/h2,5-6,9H,3-4,7H2,1H3,(H,21,26)(H2,19,20,23,25)/t16-/m0/s1. The van der Waals surface area contributed by atoms with E-state index in [1.807, 2.05) is 0 Å². The molecular weight excluding hydrogens is 383 g/mol. The van der Waals surface area contributed by atoms with E-state index in [2.05, 4.69) is 16.0 Å². The lowest BCUT2D eigenvalue weighted by atomic mass is 9.92. The van der Waals surface area contributed by atoms with Crippen molar-refractivity contribution in [2.75, 3.05) is 6.54 Å². The van der Waals surface area contributed by atoms with E-state index >= 15 is 0 Å². The number of carbonyl (C=O) groups excluding carboxylic acids is 4. The Labute approximate surface area is 159 Å². The summed E-state index contributed by atoms with van der Waals surface area (Å²) in [6, 6.07) is 3.23. The first-order valence-corrected chi connectivity index (χ1v) is 8.66. The normalized spacial score (nSPS) is 22.2. The van der Waals surface area contributed by atoms with Gasteiger partial charge in [0.2, 0.25) is 5.91 Å². The molecule has 0 aromatic heterocycles. The molecule has 1 aromatic rings. The number of hydrogen-bond acceptors (Lipinski definition) is 4. The highest BCUT2D eigenvalue weighted by atomic mass is 35.5. The zero-order valence-electron chi connectivity index (χ0n) is 13.8. The van der Waals surface area contributed by atoms with Crippen molar-refractivity contribution in [3.8, 4) is 0 Å². The molecule has 0 radical (unpaired) electrons. The Hall–Kier alpha value is -2.32. The lowest BCUT2D eigenvalue weighted by molar-refractivity contribution is -0.134. The van der Waals surface area contributed by atoms with Gasteiger partial charge >= 0.3 is 12.1 Å². The van der Waals surface area contributed by atoms with Crippen LogP contribution in [0.2, 0.25) is 10.0 Å². The van der Waals surface area contributed by atoms with Gasteiger partial charge in [-0.15, -0.1) is 0 Å². The molecule has 0 bridgehead atoms. The van der Waals surface area contributed by atoms with E-state index < -0.39 is 36.0 Å². The number of hydrogen-bond donors (Lipinski definition) is 3. The molecule has 1 atom stereocenters. The van der Waals surface area contributed by atoms with Crippen molar-refractivity contribution in [1.29, 1.82) is 0 Å². The molecule has 6 amide bonds. The van der Waals surface area contributed by atoms with E-state index in [0.717, 1.165) is 17.7 Å². The third-order valence-corrected chi connectivity index (χ3v) is 4.76. The molecule has 3 rings (SSSR count). The van der Waals surface area contributed by atoms with Crippen LogP contribution in [0.1, 0.15) is 25.3 Å². The van der Waals surface area contributed by atoms with Gasteiger partial charge < -0.3 is 10.6 Å². The molecule has 10 heteroatoms. The predicted molar refractivity (Wildman–Crippen MR) is 93.8 cm³/mol. The topological polar surface area (TPSA) is 108 Å². The van der Waals surface area contributed by atoms with Crippen molar-refractivity contribution in [3.63, 3.8) is 0 Å². The molecule has 1 aliphatic carbocycles. The van der Waals surface area contributed by atoms with E-state index in [1.54, 1.807) is 6.07 Å². The second-order valence-corrected chi connectivity index (χ2v) is 7.21. The van der Waals surface area contributed by atoms with Gasteiger partial charge in [0, 0.05) is 21.7 Å². The maximum Gasteiger partial charge on any atom is 0.325 e. The van der Waals surface area contributed by atoms with Crippen LogP contribution in [0.4, 0.5) is 9.59 Å². The smallest absolute Gasteiger partial charge is 0.325 e. The minimum absolute atomic E-state index is 0.0786. The van der Waals surface area contributed by atoms with E-state index in [4.69, 9.17) is 23.2 Å². The molecule has 0 unspecified atom stereocenters. The van der Waals surface area contributed by atoms with Crippen LogP contribution < -0.4 is 16.0 Å². The number of rotatable bonds is 4. The van der Waals surface area contributed by atoms with E-state index in [0.29, 0.717) is 10.6 Å². The summed E-state index contributed by atoms with van der Waals surface area (Å²) in [6.07, 6.45) is 1.74. The van der Waals surface area contributed by atoms with Gasteiger partial charge in [-0.1, -0.05) is 29.3 Å². The van der Waals surface area contributed by atoms with Crippen molar-refractivity contribution in [1.82, 2.24) is 20.9 Å². The Morgan fingerprint density at radius 3 is 2.62 bits per heavy atom. The zero-order valence-corrected chi connectivity index (χ0v) is 15.3. The van der Waals surface area contributed by atoms with Crippen molar-refractivity contribution in [2.24, 2.45) is 0 Å². The van der Waals surface area contributed by atoms with Crippen LogP contribution in [-0.2, 0) is 15.1 Å². The first-order chi connectivity index (χ1) is 12.2. The Morgan fingerprint density at radius 1 is 1.31 bits per heavy atom. The van der Waals surface area contributed by atoms with Crippen LogP contribution in [-0.4, -0.2) is 41.4 Å². The molecule has 26 heavy (non-hydrogen) atoms. The number of halogens is 2. The Kier molecular flexibility index (Phi) is 4.81. The van der Waals surface area contributed by atoms with Crippen LogP contribution in [0, 0.1) is 0 Å². The molecule has 3 N–H and O–H groups in total. The lowest BCUT2D eigenvalue weighted by Crippen LogP contribution is -2.47. The van der Waals surface area contributed by atoms with Gasteiger partial charge in [0.1, 0.15) is 12.1 Å². The summed E-state index contributed by atoms with van der Waals surface area (Å²) >= 11 is 12.0. The molecule has 1 aliphatic heterocycles. The SMILES string of the molecule is C[C@@]1(c2ccc(Cl)cc2Cl)NC(=O)N(CC(=O)NC(=O)NC2CC2)C1=O. The molecule has 0 spiro atoms. The number of nitrogens with zero attached hydrogens (tertiary/aromatic N) is 1. The third kappa shape index (κ3) is 3.61. The summed E-state index contributed by atoms with van der Waals surface area (Å²) < 4.78 is 0. The van der Waals surface area contributed by atoms with Crippen LogP contribution in [0.5, 0.6) is 0 Å². The number of urea groups is 2. The average Bonchev–Trinajstić information content (AvgIpc) is 3.31. The van der Waals surface area contributed by atoms with Crippen molar-refractivity contribution >= 4 is 47.1 Å². The second kappa shape index (κ2) is 6.77. The first kappa shape index (κ1) is 18.5. The molecule has 138 valence electrons. The van der Waals surface area contributed by atoms with Crippen LogP contribution in [0.3, 0.4) is 0 Å². The molecule has 1 saturated carbocycles. The Balaban J connectivity index is 1.71. The van der Waals surface area contributed by atoms with Crippen LogP contribution >= 0.6 is 23.2 Å². The van der Waals surface area contributed by atoms with Crippen LogP contribution in [0.25, 0.3) is 0 Å². The summed E-state index contributed by atoms with van der Waals surface area (Å²) in [7, 11) is 0. The largest absolute Gasteiger partial charge is 0.335 e. The number of carbonyl (C=O) groups is 4. The van der Waals surface area contributed by atoms with Crippen LogP contribution in [0.15, 0.2) is 18.2 Å². The highest BCUT2D eigenvalue weighted by molar-refractivity contribution is 6.35. The fourth-order valence-electron chi connectivity index (χ4n) is 2.68. The average molecular weight is 399 g/mol. The number of imide groups is 2. The van der Waals surface area contributed by atoms with E-state index in [-0.39, 0.29) is 11.1 Å². The number of nitrogens with one attached hydrogen (secondary N) is 3. The highest BCUT2D eigenvalue weighted by Gasteiger charge is 2.50. The molecule has 2 fully saturated rings. The maximum absolute atomic E-state index is 12.8. The monoisotopic (exact) mass is 398 g/mol. The lowest BCUT2D eigenvalue weighted by Gasteiger charge is -2.23. The van der Waals surface area contributed by atoms with Gasteiger partial charge in [0.25, 0.3) is 5.91 Å². The third-order valence-electron chi connectivity index (χ3n) is 4.21. The Morgan fingerprint density at radius 2 is 2.00 bits per heavy atom. The van der Waals surface area contributed by atoms with E-state index in [9.17, 15) is 19.2 Å². The molecule has 8 nitrogen and oxygen atoms in total. The van der Waals surface area contributed by atoms with Crippen molar-refractivity contribution < 1.29 is 19.2 Å². The van der Waals surface area contributed by atoms with E-state index in [1.165, 1.54) is 19.1 Å². The summed E-state index contributed by atoms with van der Waals surface area (Å²) in [4.78, 5) is 49.3. The van der Waals surface area contributed by atoms with Crippen molar-refractivity contribution in [2.45, 2.75) is 31.3 Å². The Bertz CT molecular complexity index is 811. The van der Waals surface area contributed by atoms with Gasteiger partial charge in [0.05, 0.1) is 0 Å². The van der Waals surface area contributed by atoms with Gasteiger partial charge in [-0.05, 0) is 31.9 Å². The van der Waals surface area contributed by atoms with Gasteiger partial charge in [-0.3, -0.25) is 19.8 Å². The minimum atomic E-state index is -1.44. The fourth-order valence-corrected chi connectivity index (χ4v) is 3.27. The molecule has 2 aliphatic rings. The molecular formula is C16H16Cl2N4O4. The number of benzene rings is 1. The summed E-state index contributed by atoms with van der Waals surface area (Å²) in [5.41, 5.74) is -1.08. The fraction of sp³-hybridized carbons (Fsp3) is 0.375. The van der Waals surface area contributed by atoms with Gasteiger partial charge in [-0.25, -0.2) is 9.59 Å². The molecule has 1 aromatic carbocycles. The summed E-state index contributed by atoms with van der Waals surface area (Å²) in [6.45, 7) is 0.906. The molecule has 1 heterocycles. The van der Waals surface area contributed by atoms with Gasteiger partial charge in [0.15, 0.2) is 0 Å². The highest BCUT2D eigenvalue weighted by Crippen LogP contribution is 2.34. The molecule has 1 saturated heterocycles. The number of amides is 6. The maximum atomic E-state index is 12.8. The summed E-state index contributed by atoms with van der Waals surface area (Å²) in [5.74, 6) is -1.41. The van der Waals surface area contributed by atoms with Gasteiger partial charge in [-0.2, -0.15) is 0 Å². The first-order valence-electron chi connectivity index (χ1n) is 7.90. The van der Waals surface area contributed by atoms with Crippen molar-refractivity contribution in [3.05, 3.63) is 33.8 Å². The second-order valence-electron chi connectivity index (χ2n) is 6.37.